The molecule has 0 spiro atoms. The fraction of sp³-hybridized carbons (Fsp3) is 0.556. The van der Waals surface area contributed by atoms with Crippen LogP contribution in [0.1, 0.15) is 37.1 Å². The summed E-state index contributed by atoms with van der Waals surface area (Å²) < 4.78 is 17.2. The number of furan rings is 1. The van der Waals surface area contributed by atoms with Gasteiger partial charge in [0.25, 0.3) is 0 Å². The van der Waals surface area contributed by atoms with Crippen molar-refractivity contribution in [2.45, 2.75) is 25.8 Å². The molecule has 0 unspecified atom stereocenters. The molecule has 12 heavy (non-hydrogen) atoms. The maximum absolute atomic E-state index is 12.1. The smallest absolute Gasteiger partial charge is 0.123 e. The van der Waals surface area contributed by atoms with Crippen LogP contribution in [0.25, 0.3) is 0 Å². The molecular weight excluding hydrogens is 157 g/mol. The van der Waals surface area contributed by atoms with Gasteiger partial charge in [0.1, 0.15) is 12.4 Å². The Kier molecular flexibility index (Phi) is 2.87. The van der Waals surface area contributed by atoms with Gasteiger partial charge < -0.3 is 10.2 Å². The molecule has 1 atom stereocenters. The van der Waals surface area contributed by atoms with Gasteiger partial charge in [-0.25, -0.2) is 4.39 Å². The summed E-state index contributed by atoms with van der Waals surface area (Å²) in [4.78, 5) is 0. The second-order valence-electron chi connectivity index (χ2n) is 3.20. The van der Waals surface area contributed by atoms with Crippen LogP contribution in [0, 0.1) is 0 Å². The molecule has 2 N–H and O–H groups in total. The number of nitrogens with two attached hydrogens (primary N) is 1. The van der Waals surface area contributed by atoms with Crippen LogP contribution >= 0.6 is 0 Å². The van der Waals surface area contributed by atoms with Crippen molar-refractivity contribution in [3.8, 4) is 0 Å². The van der Waals surface area contributed by atoms with E-state index in [1.807, 2.05) is 6.07 Å². The van der Waals surface area contributed by atoms with Gasteiger partial charge in [0.05, 0.1) is 12.3 Å². The van der Waals surface area contributed by atoms with E-state index in [1.165, 1.54) is 0 Å². The van der Waals surface area contributed by atoms with Gasteiger partial charge in [-0.2, -0.15) is 0 Å². The Labute approximate surface area is 71.6 Å². The molecule has 0 aliphatic carbocycles. The zero-order chi connectivity index (χ0) is 9.14. The zero-order valence-corrected chi connectivity index (χ0v) is 7.38. The summed E-state index contributed by atoms with van der Waals surface area (Å²) in [6.07, 6.45) is 1.63. The summed E-state index contributed by atoms with van der Waals surface area (Å²) in [5, 5.41) is 0. The molecule has 0 bridgehead atoms. The van der Waals surface area contributed by atoms with E-state index in [-0.39, 0.29) is 0 Å². The molecule has 1 heterocycles. The minimum atomic E-state index is -0.613. The molecule has 1 rings (SSSR count). The molecule has 0 radical (unpaired) electrons. The Morgan fingerprint density at radius 1 is 1.58 bits per heavy atom. The van der Waals surface area contributed by atoms with E-state index in [2.05, 4.69) is 13.8 Å². The lowest BCUT2D eigenvalue weighted by Gasteiger charge is -2.00. The van der Waals surface area contributed by atoms with E-state index in [1.54, 1.807) is 6.26 Å². The van der Waals surface area contributed by atoms with Crippen LogP contribution in [0.5, 0.6) is 0 Å². The predicted octanol–water partition coefficient (Wildman–Crippen LogP) is 2.37. The Morgan fingerprint density at radius 3 is 2.67 bits per heavy atom. The van der Waals surface area contributed by atoms with Crippen molar-refractivity contribution in [2.75, 3.05) is 6.67 Å². The summed E-state index contributed by atoms with van der Waals surface area (Å²) in [6, 6.07) is 1.20. The molecule has 0 amide bonds. The number of hydrogen-bond donors (Lipinski definition) is 1. The van der Waals surface area contributed by atoms with Crippen LogP contribution in [0.3, 0.4) is 0 Å². The normalized spacial score (nSPS) is 13.8. The average Bonchev–Trinajstić information content (AvgIpc) is 2.51. The highest BCUT2D eigenvalue weighted by atomic mass is 19.1. The highest BCUT2D eigenvalue weighted by Crippen LogP contribution is 2.20. The number of halogens is 1. The lowest BCUT2D eigenvalue weighted by molar-refractivity contribution is 0.381. The van der Waals surface area contributed by atoms with Gasteiger partial charge >= 0.3 is 0 Å². The molecule has 0 saturated heterocycles. The van der Waals surface area contributed by atoms with E-state index in [4.69, 9.17) is 10.2 Å². The van der Waals surface area contributed by atoms with Crippen LogP contribution in [-0.4, -0.2) is 6.67 Å². The topological polar surface area (TPSA) is 39.2 Å². The van der Waals surface area contributed by atoms with E-state index in [0.29, 0.717) is 11.7 Å². The van der Waals surface area contributed by atoms with E-state index < -0.39 is 12.7 Å². The molecular formula is C9H14FNO. The Bertz CT molecular complexity index is 244. The minimum absolute atomic E-state index is 0.398. The van der Waals surface area contributed by atoms with Gasteiger partial charge in [-0.15, -0.1) is 0 Å². The fourth-order valence-corrected chi connectivity index (χ4v) is 0.942. The van der Waals surface area contributed by atoms with Crippen LogP contribution in [-0.2, 0) is 0 Å². The quantitative estimate of drug-likeness (QED) is 0.758. The molecule has 3 heteroatoms. The van der Waals surface area contributed by atoms with Crippen LogP contribution in [0.2, 0.25) is 0 Å². The van der Waals surface area contributed by atoms with Gasteiger partial charge in [0.15, 0.2) is 0 Å². The standard InChI is InChI=1S/C9H14FNO/c1-6(2)7-3-9(12-5-7)8(11)4-10/h3,5-6,8H,4,11H2,1-2H3/t8-/m1/s1. The Hall–Kier alpha value is -0.830. The summed E-state index contributed by atoms with van der Waals surface area (Å²) in [5.41, 5.74) is 6.50. The van der Waals surface area contributed by atoms with Gasteiger partial charge in [0, 0.05) is 0 Å². The first-order valence-electron chi connectivity index (χ1n) is 4.05. The maximum atomic E-state index is 12.1. The predicted molar refractivity (Wildman–Crippen MR) is 45.7 cm³/mol. The monoisotopic (exact) mass is 171 g/mol. The first kappa shape index (κ1) is 9.26. The third-order valence-electron chi connectivity index (χ3n) is 1.84. The lowest BCUT2D eigenvalue weighted by atomic mass is 10.1. The van der Waals surface area contributed by atoms with Crippen molar-refractivity contribution in [3.05, 3.63) is 23.7 Å². The molecule has 0 fully saturated rings. The zero-order valence-electron chi connectivity index (χ0n) is 7.38. The van der Waals surface area contributed by atoms with Gasteiger partial charge in [-0.1, -0.05) is 13.8 Å². The second kappa shape index (κ2) is 3.72. The first-order valence-corrected chi connectivity index (χ1v) is 4.05. The highest BCUT2D eigenvalue weighted by Gasteiger charge is 2.11. The minimum Gasteiger partial charge on any atom is -0.467 e. The van der Waals surface area contributed by atoms with E-state index in [0.717, 1.165) is 5.56 Å². The third-order valence-corrected chi connectivity index (χ3v) is 1.84. The van der Waals surface area contributed by atoms with Crippen LogP contribution in [0.4, 0.5) is 4.39 Å². The molecule has 1 aromatic heterocycles. The highest BCUT2D eigenvalue weighted by molar-refractivity contribution is 5.18. The van der Waals surface area contributed by atoms with Crippen molar-refractivity contribution in [3.63, 3.8) is 0 Å². The number of rotatable bonds is 3. The van der Waals surface area contributed by atoms with E-state index in [9.17, 15) is 4.39 Å². The Morgan fingerprint density at radius 2 is 2.25 bits per heavy atom. The van der Waals surface area contributed by atoms with Crippen LogP contribution < -0.4 is 5.73 Å². The van der Waals surface area contributed by atoms with Crippen molar-refractivity contribution < 1.29 is 8.81 Å². The summed E-state index contributed by atoms with van der Waals surface area (Å²) >= 11 is 0. The van der Waals surface area contributed by atoms with Crippen molar-refractivity contribution in [1.29, 1.82) is 0 Å². The summed E-state index contributed by atoms with van der Waals surface area (Å²) in [7, 11) is 0. The summed E-state index contributed by atoms with van der Waals surface area (Å²) in [5.74, 6) is 0.926. The number of alkyl halides is 1. The SMILES string of the molecule is CC(C)c1coc([C@H](N)CF)c1. The molecule has 0 aromatic carbocycles. The molecule has 68 valence electrons. The summed E-state index contributed by atoms with van der Waals surface area (Å²) in [6.45, 7) is 3.52. The second-order valence-corrected chi connectivity index (χ2v) is 3.20. The van der Waals surface area contributed by atoms with Gasteiger partial charge in [-0.3, -0.25) is 0 Å². The molecule has 0 aliphatic rings. The third kappa shape index (κ3) is 1.85. The Balaban J connectivity index is 2.77. The van der Waals surface area contributed by atoms with Gasteiger partial charge in [0.2, 0.25) is 0 Å². The largest absolute Gasteiger partial charge is 0.467 e. The van der Waals surface area contributed by atoms with Crippen LogP contribution in [0.15, 0.2) is 16.7 Å². The fourth-order valence-electron chi connectivity index (χ4n) is 0.942. The number of hydrogen-bond acceptors (Lipinski definition) is 2. The average molecular weight is 171 g/mol. The lowest BCUT2D eigenvalue weighted by Crippen LogP contribution is -2.10. The first-order chi connectivity index (χ1) is 5.65. The molecule has 2 nitrogen and oxygen atoms in total. The van der Waals surface area contributed by atoms with Crippen molar-refractivity contribution in [2.24, 2.45) is 5.73 Å². The van der Waals surface area contributed by atoms with Crippen molar-refractivity contribution >= 4 is 0 Å². The van der Waals surface area contributed by atoms with Crippen molar-refractivity contribution in [1.82, 2.24) is 0 Å². The van der Waals surface area contributed by atoms with E-state index >= 15 is 0 Å². The molecule has 0 aliphatic heterocycles. The molecule has 1 aromatic rings. The molecule has 0 saturated carbocycles. The maximum Gasteiger partial charge on any atom is 0.123 e. The van der Waals surface area contributed by atoms with Gasteiger partial charge in [-0.05, 0) is 17.5 Å².